The van der Waals surface area contributed by atoms with Crippen LogP contribution in [0.3, 0.4) is 0 Å². The van der Waals surface area contributed by atoms with Crippen LogP contribution in [0.1, 0.15) is 54.9 Å². The Labute approximate surface area is 145 Å². The van der Waals surface area contributed by atoms with Gasteiger partial charge in [0.2, 0.25) is 0 Å². The fourth-order valence-electron chi connectivity index (χ4n) is 2.73. The Hall–Kier alpha value is -1.80. The van der Waals surface area contributed by atoms with Crippen molar-refractivity contribution in [2.24, 2.45) is 0 Å². The molecule has 2 aromatic rings. The summed E-state index contributed by atoms with van der Waals surface area (Å²) >= 11 is 0. The molecule has 2 nitrogen and oxygen atoms in total. The molecule has 124 valence electrons. The highest BCUT2D eigenvalue weighted by molar-refractivity contribution is 5.96. The lowest BCUT2D eigenvalue weighted by atomic mass is 9.95. The maximum absolute atomic E-state index is 11.6. The first-order valence-corrected chi connectivity index (χ1v) is 8.14. The molecule has 2 rings (SSSR count). The van der Waals surface area contributed by atoms with E-state index in [9.17, 15) is 9.90 Å². The van der Waals surface area contributed by atoms with Crippen LogP contribution in [0, 0.1) is 0 Å². The molecular weight excluding hydrogens is 308 g/mol. The molecule has 0 aliphatic carbocycles. The molecule has 0 atom stereocenters. The van der Waals surface area contributed by atoms with Gasteiger partial charge in [-0.15, -0.1) is 12.4 Å². The molecule has 0 spiro atoms. The van der Waals surface area contributed by atoms with E-state index in [-0.39, 0.29) is 12.4 Å². The van der Waals surface area contributed by atoms with Crippen molar-refractivity contribution in [1.29, 1.82) is 0 Å². The number of rotatable bonds is 8. The van der Waals surface area contributed by atoms with Gasteiger partial charge in [-0.05, 0) is 35.6 Å². The van der Waals surface area contributed by atoms with Crippen molar-refractivity contribution < 1.29 is 9.90 Å². The van der Waals surface area contributed by atoms with Gasteiger partial charge in [0, 0.05) is 0 Å². The number of aryl methyl sites for hydroxylation is 1. The number of carbonyl (C=O) groups is 1. The standard InChI is InChI=1S/C20H24O2.ClH/c1-2-3-4-5-7-10-16-13-14-18(19(15-16)20(21)22)17-11-8-6-9-12-17;/h6,8-9,11-15H,2-5,7,10H2,1H3,(H,21,22);1H. The molecule has 0 saturated heterocycles. The van der Waals surface area contributed by atoms with E-state index in [1.165, 1.54) is 25.7 Å². The summed E-state index contributed by atoms with van der Waals surface area (Å²) in [6.45, 7) is 2.21. The van der Waals surface area contributed by atoms with Crippen molar-refractivity contribution in [3.8, 4) is 11.1 Å². The van der Waals surface area contributed by atoms with Crippen LogP contribution >= 0.6 is 12.4 Å². The number of carboxylic acids is 1. The summed E-state index contributed by atoms with van der Waals surface area (Å²) < 4.78 is 0. The Balaban J connectivity index is 0.00000264. The maximum Gasteiger partial charge on any atom is 0.336 e. The molecule has 0 heterocycles. The molecule has 0 aromatic heterocycles. The van der Waals surface area contributed by atoms with E-state index >= 15 is 0 Å². The number of benzene rings is 2. The van der Waals surface area contributed by atoms with Crippen molar-refractivity contribution >= 4 is 18.4 Å². The second-order valence-electron chi connectivity index (χ2n) is 5.72. The molecule has 0 unspecified atom stereocenters. The van der Waals surface area contributed by atoms with E-state index in [2.05, 4.69) is 13.0 Å². The average molecular weight is 333 g/mol. The monoisotopic (exact) mass is 332 g/mol. The smallest absolute Gasteiger partial charge is 0.336 e. The zero-order valence-electron chi connectivity index (χ0n) is 13.6. The molecular formula is C20H25ClO2. The zero-order chi connectivity index (χ0) is 15.8. The molecule has 3 heteroatoms. The predicted molar refractivity (Wildman–Crippen MR) is 98.5 cm³/mol. The van der Waals surface area contributed by atoms with Crippen molar-refractivity contribution in [1.82, 2.24) is 0 Å². The Kier molecular flexibility index (Phi) is 8.42. The van der Waals surface area contributed by atoms with Gasteiger partial charge >= 0.3 is 5.97 Å². The van der Waals surface area contributed by atoms with Crippen molar-refractivity contribution in [2.75, 3.05) is 0 Å². The van der Waals surface area contributed by atoms with Gasteiger partial charge in [0.15, 0.2) is 0 Å². The fraction of sp³-hybridized carbons (Fsp3) is 0.350. The number of hydrogen-bond acceptors (Lipinski definition) is 1. The van der Waals surface area contributed by atoms with Crippen LogP contribution in [-0.4, -0.2) is 11.1 Å². The number of aromatic carboxylic acids is 1. The quantitative estimate of drug-likeness (QED) is 0.603. The zero-order valence-corrected chi connectivity index (χ0v) is 14.4. The lowest BCUT2D eigenvalue weighted by molar-refractivity contribution is 0.0697. The van der Waals surface area contributed by atoms with Crippen LogP contribution in [0.25, 0.3) is 11.1 Å². The minimum atomic E-state index is -0.855. The third kappa shape index (κ3) is 5.72. The van der Waals surface area contributed by atoms with Gasteiger partial charge in [0.05, 0.1) is 5.56 Å². The van der Waals surface area contributed by atoms with Crippen LogP contribution in [0.4, 0.5) is 0 Å². The lowest BCUT2D eigenvalue weighted by Gasteiger charge is -2.09. The molecule has 0 fully saturated rings. The maximum atomic E-state index is 11.6. The number of halogens is 1. The normalized spacial score (nSPS) is 10.1. The van der Waals surface area contributed by atoms with Gasteiger partial charge in [-0.1, -0.05) is 75.1 Å². The number of carboxylic acid groups (broad SMARTS) is 1. The first-order valence-electron chi connectivity index (χ1n) is 8.14. The Morgan fingerprint density at radius 1 is 0.957 bits per heavy atom. The SMILES string of the molecule is CCCCCCCc1ccc(-c2ccccc2)c(C(=O)O)c1.Cl. The second kappa shape index (κ2) is 10.1. The summed E-state index contributed by atoms with van der Waals surface area (Å²) in [5.41, 5.74) is 3.27. The molecule has 0 aliphatic rings. The molecule has 23 heavy (non-hydrogen) atoms. The minimum absolute atomic E-state index is 0. The number of unbranched alkanes of at least 4 members (excludes halogenated alkanes) is 4. The van der Waals surface area contributed by atoms with Crippen LogP contribution < -0.4 is 0 Å². The van der Waals surface area contributed by atoms with Crippen molar-refractivity contribution in [2.45, 2.75) is 45.4 Å². The van der Waals surface area contributed by atoms with Gasteiger partial charge in [0.1, 0.15) is 0 Å². The summed E-state index contributed by atoms with van der Waals surface area (Å²) in [4.78, 5) is 11.6. The predicted octanol–water partition coefficient (Wildman–Crippen LogP) is 5.99. The van der Waals surface area contributed by atoms with E-state index < -0.39 is 5.97 Å². The Morgan fingerprint density at radius 2 is 1.65 bits per heavy atom. The van der Waals surface area contributed by atoms with Crippen molar-refractivity contribution in [3.05, 3.63) is 59.7 Å². The van der Waals surface area contributed by atoms with Crippen molar-refractivity contribution in [3.63, 3.8) is 0 Å². The summed E-state index contributed by atoms with van der Waals surface area (Å²) in [7, 11) is 0. The highest BCUT2D eigenvalue weighted by atomic mass is 35.5. The molecule has 0 saturated carbocycles. The first-order chi connectivity index (χ1) is 10.7. The second-order valence-corrected chi connectivity index (χ2v) is 5.72. The molecule has 2 aromatic carbocycles. The van der Waals surface area contributed by atoms with Gasteiger partial charge < -0.3 is 5.11 Å². The number of hydrogen-bond donors (Lipinski definition) is 1. The largest absolute Gasteiger partial charge is 0.478 e. The first kappa shape index (κ1) is 19.2. The van der Waals surface area contributed by atoms with Crippen LogP contribution in [0.2, 0.25) is 0 Å². The highest BCUT2D eigenvalue weighted by Crippen LogP contribution is 2.25. The van der Waals surface area contributed by atoms with Gasteiger partial charge in [-0.2, -0.15) is 0 Å². The summed E-state index contributed by atoms with van der Waals surface area (Å²) in [6, 6.07) is 15.6. The highest BCUT2D eigenvalue weighted by Gasteiger charge is 2.12. The Morgan fingerprint density at radius 3 is 2.30 bits per heavy atom. The molecule has 1 N–H and O–H groups in total. The van der Waals surface area contributed by atoms with Gasteiger partial charge in [-0.25, -0.2) is 4.79 Å². The van der Waals surface area contributed by atoms with Crippen LogP contribution in [-0.2, 0) is 6.42 Å². The molecule has 0 aliphatic heterocycles. The van der Waals surface area contributed by atoms with E-state index in [0.29, 0.717) is 5.56 Å². The topological polar surface area (TPSA) is 37.3 Å². The van der Waals surface area contributed by atoms with E-state index in [4.69, 9.17) is 0 Å². The Bertz CT molecular complexity index is 608. The van der Waals surface area contributed by atoms with Gasteiger partial charge in [0.25, 0.3) is 0 Å². The van der Waals surface area contributed by atoms with Gasteiger partial charge in [-0.3, -0.25) is 0 Å². The summed E-state index contributed by atoms with van der Waals surface area (Å²) in [5, 5.41) is 9.49. The molecule has 0 bridgehead atoms. The summed E-state index contributed by atoms with van der Waals surface area (Å²) in [5.74, 6) is -0.855. The van der Waals surface area contributed by atoms with E-state index in [0.717, 1.165) is 29.5 Å². The lowest BCUT2D eigenvalue weighted by Crippen LogP contribution is -2.01. The average Bonchev–Trinajstić information content (AvgIpc) is 2.55. The third-order valence-corrected chi connectivity index (χ3v) is 3.97. The fourth-order valence-corrected chi connectivity index (χ4v) is 2.73. The molecule has 0 radical (unpaired) electrons. The summed E-state index contributed by atoms with van der Waals surface area (Å²) in [6.07, 6.45) is 7.10. The van der Waals surface area contributed by atoms with E-state index in [1.807, 2.05) is 42.5 Å². The van der Waals surface area contributed by atoms with Crippen LogP contribution in [0.5, 0.6) is 0 Å². The van der Waals surface area contributed by atoms with Crippen LogP contribution in [0.15, 0.2) is 48.5 Å². The van der Waals surface area contributed by atoms with E-state index in [1.54, 1.807) is 0 Å². The third-order valence-electron chi connectivity index (χ3n) is 3.97. The minimum Gasteiger partial charge on any atom is -0.478 e. The molecule has 0 amide bonds.